The fourth-order valence-electron chi connectivity index (χ4n) is 3.34. The largest absolute Gasteiger partial charge is 0.506 e. The Labute approximate surface area is 147 Å². The number of hydrogen-bond donors (Lipinski definition) is 1. The highest BCUT2D eigenvalue weighted by Gasteiger charge is 2.10. The van der Waals surface area contributed by atoms with E-state index in [1.165, 1.54) is 24.9 Å². The molecule has 25 heavy (non-hydrogen) atoms. The molecule has 3 aromatic carbocycles. The van der Waals surface area contributed by atoms with E-state index in [0.29, 0.717) is 5.69 Å². The van der Waals surface area contributed by atoms with Crippen LogP contribution in [0.25, 0.3) is 10.8 Å². The number of rotatable bonds is 3. The van der Waals surface area contributed by atoms with Gasteiger partial charge in [-0.3, -0.25) is 0 Å². The van der Waals surface area contributed by atoms with E-state index >= 15 is 0 Å². The van der Waals surface area contributed by atoms with Crippen molar-refractivity contribution in [2.45, 2.75) is 19.3 Å². The zero-order chi connectivity index (χ0) is 17.1. The summed E-state index contributed by atoms with van der Waals surface area (Å²) in [5.74, 6) is 0.146. The number of phenolic OH excluding ortho intramolecular Hbond substituents is 1. The van der Waals surface area contributed by atoms with Crippen molar-refractivity contribution in [3.63, 3.8) is 0 Å². The van der Waals surface area contributed by atoms with Crippen LogP contribution in [-0.4, -0.2) is 18.2 Å². The molecule has 0 saturated carbocycles. The molecule has 4 heteroatoms. The summed E-state index contributed by atoms with van der Waals surface area (Å²) in [6.07, 6.45) is 3.86. The first-order valence-electron chi connectivity index (χ1n) is 8.79. The van der Waals surface area contributed by atoms with E-state index in [1.54, 1.807) is 6.07 Å². The van der Waals surface area contributed by atoms with Crippen molar-refractivity contribution in [3.8, 4) is 5.75 Å². The van der Waals surface area contributed by atoms with Crippen molar-refractivity contribution in [2.24, 2.45) is 10.2 Å². The zero-order valence-corrected chi connectivity index (χ0v) is 14.1. The second-order valence-electron chi connectivity index (χ2n) is 6.42. The molecule has 0 atom stereocenters. The van der Waals surface area contributed by atoms with E-state index in [9.17, 15) is 5.11 Å². The van der Waals surface area contributed by atoms with Crippen LogP contribution in [0.2, 0.25) is 0 Å². The number of anilines is 1. The summed E-state index contributed by atoms with van der Waals surface area (Å²) < 4.78 is 0. The molecule has 0 amide bonds. The molecule has 1 N–H and O–H groups in total. The minimum absolute atomic E-state index is 0.146. The Morgan fingerprint density at radius 3 is 2.32 bits per heavy atom. The Morgan fingerprint density at radius 2 is 1.52 bits per heavy atom. The highest BCUT2D eigenvalue weighted by atomic mass is 16.3. The van der Waals surface area contributed by atoms with Gasteiger partial charge < -0.3 is 10.0 Å². The van der Waals surface area contributed by atoms with Crippen molar-refractivity contribution in [3.05, 3.63) is 60.7 Å². The fraction of sp³-hybridized carbons (Fsp3) is 0.238. The van der Waals surface area contributed by atoms with Crippen LogP contribution in [0, 0.1) is 0 Å². The first-order valence-corrected chi connectivity index (χ1v) is 8.79. The third-order valence-electron chi connectivity index (χ3n) is 4.72. The van der Waals surface area contributed by atoms with Gasteiger partial charge in [-0.2, -0.15) is 5.11 Å². The number of phenols is 1. The molecule has 126 valence electrons. The zero-order valence-electron chi connectivity index (χ0n) is 14.1. The lowest BCUT2D eigenvalue weighted by Crippen LogP contribution is -2.29. The molecule has 1 aliphatic rings. The van der Waals surface area contributed by atoms with Crippen molar-refractivity contribution >= 4 is 27.8 Å². The van der Waals surface area contributed by atoms with Crippen molar-refractivity contribution in [1.29, 1.82) is 0 Å². The maximum absolute atomic E-state index is 10.1. The summed E-state index contributed by atoms with van der Waals surface area (Å²) in [6.45, 7) is 2.26. The molecule has 1 saturated heterocycles. The molecular formula is C21H21N3O. The smallest absolute Gasteiger partial charge is 0.143 e. The van der Waals surface area contributed by atoms with Gasteiger partial charge in [0.2, 0.25) is 0 Å². The average Bonchev–Trinajstić information content (AvgIpc) is 2.68. The van der Waals surface area contributed by atoms with E-state index in [1.807, 2.05) is 42.5 Å². The number of fused-ring (bicyclic) bond motifs is 1. The van der Waals surface area contributed by atoms with Gasteiger partial charge in [-0.05, 0) is 55.0 Å². The summed E-state index contributed by atoms with van der Waals surface area (Å²) >= 11 is 0. The molecule has 0 spiro atoms. The molecule has 3 aromatic rings. The molecule has 0 radical (unpaired) electrons. The maximum Gasteiger partial charge on any atom is 0.143 e. The first kappa shape index (κ1) is 15.6. The van der Waals surface area contributed by atoms with Crippen LogP contribution in [0.5, 0.6) is 5.75 Å². The van der Waals surface area contributed by atoms with Gasteiger partial charge in [0, 0.05) is 24.2 Å². The lowest BCUT2D eigenvalue weighted by Gasteiger charge is -2.28. The van der Waals surface area contributed by atoms with E-state index < -0.39 is 0 Å². The predicted octanol–water partition coefficient (Wildman–Crippen LogP) is 5.95. The van der Waals surface area contributed by atoms with E-state index in [2.05, 4.69) is 27.3 Å². The lowest BCUT2D eigenvalue weighted by atomic mass is 10.1. The summed E-state index contributed by atoms with van der Waals surface area (Å²) in [5.41, 5.74) is 2.54. The molecular weight excluding hydrogens is 310 g/mol. The molecule has 0 bridgehead atoms. The van der Waals surface area contributed by atoms with Gasteiger partial charge in [0.25, 0.3) is 0 Å². The molecule has 4 rings (SSSR count). The summed E-state index contributed by atoms with van der Waals surface area (Å²) in [7, 11) is 0. The lowest BCUT2D eigenvalue weighted by molar-refractivity contribution is 0.477. The van der Waals surface area contributed by atoms with Crippen LogP contribution < -0.4 is 4.90 Å². The Bertz CT molecular complexity index is 897. The van der Waals surface area contributed by atoms with Crippen LogP contribution in [0.3, 0.4) is 0 Å². The highest BCUT2D eigenvalue weighted by Crippen LogP contribution is 2.36. The monoisotopic (exact) mass is 331 g/mol. The average molecular weight is 331 g/mol. The van der Waals surface area contributed by atoms with Gasteiger partial charge in [-0.15, -0.1) is 5.11 Å². The number of hydrogen-bond acceptors (Lipinski definition) is 4. The summed E-state index contributed by atoms with van der Waals surface area (Å²) in [5, 5.41) is 20.7. The fourth-order valence-corrected chi connectivity index (χ4v) is 3.34. The standard InChI is InChI=1S/C21H21N3O/c25-20-13-8-16-6-2-3-7-19(16)21(20)23-22-17-9-11-18(12-10-17)24-14-4-1-5-15-24/h2-3,6-13,25H,1,4-5,14-15H2. The molecule has 0 aliphatic carbocycles. The summed E-state index contributed by atoms with van der Waals surface area (Å²) in [6, 6.07) is 19.6. The van der Waals surface area contributed by atoms with Crippen LogP contribution >= 0.6 is 0 Å². The van der Waals surface area contributed by atoms with Gasteiger partial charge in [0.05, 0.1) is 5.69 Å². The third-order valence-corrected chi connectivity index (χ3v) is 4.72. The Kier molecular flexibility index (Phi) is 4.34. The molecule has 1 fully saturated rings. The number of nitrogens with zero attached hydrogens (tertiary/aromatic N) is 3. The number of aromatic hydroxyl groups is 1. The highest BCUT2D eigenvalue weighted by molar-refractivity contribution is 5.95. The van der Waals surface area contributed by atoms with Gasteiger partial charge in [-0.1, -0.05) is 30.3 Å². The normalized spacial score (nSPS) is 15.1. The second kappa shape index (κ2) is 6.93. The Morgan fingerprint density at radius 1 is 0.760 bits per heavy atom. The second-order valence-corrected chi connectivity index (χ2v) is 6.42. The molecule has 0 unspecified atom stereocenters. The Balaban J connectivity index is 1.59. The van der Waals surface area contributed by atoms with E-state index in [4.69, 9.17) is 0 Å². The van der Waals surface area contributed by atoms with Crippen molar-refractivity contribution in [2.75, 3.05) is 18.0 Å². The molecule has 0 aromatic heterocycles. The topological polar surface area (TPSA) is 48.2 Å². The number of piperidine rings is 1. The maximum atomic E-state index is 10.1. The van der Waals surface area contributed by atoms with Crippen LogP contribution in [0.1, 0.15) is 19.3 Å². The van der Waals surface area contributed by atoms with Gasteiger partial charge in [0.1, 0.15) is 11.4 Å². The predicted molar refractivity (Wildman–Crippen MR) is 102 cm³/mol. The van der Waals surface area contributed by atoms with Crippen LogP contribution in [0.15, 0.2) is 70.9 Å². The van der Waals surface area contributed by atoms with Gasteiger partial charge in [-0.25, -0.2) is 0 Å². The quantitative estimate of drug-likeness (QED) is 0.603. The van der Waals surface area contributed by atoms with Crippen molar-refractivity contribution in [1.82, 2.24) is 0 Å². The molecule has 4 nitrogen and oxygen atoms in total. The van der Waals surface area contributed by atoms with E-state index in [0.717, 1.165) is 29.5 Å². The minimum Gasteiger partial charge on any atom is -0.506 e. The first-order chi connectivity index (χ1) is 12.3. The SMILES string of the molecule is Oc1ccc2ccccc2c1N=Nc1ccc(N2CCCCC2)cc1. The van der Waals surface area contributed by atoms with Crippen LogP contribution in [0.4, 0.5) is 17.1 Å². The van der Waals surface area contributed by atoms with Crippen molar-refractivity contribution < 1.29 is 5.11 Å². The molecule has 1 heterocycles. The van der Waals surface area contributed by atoms with Gasteiger partial charge in [0.15, 0.2) is 0 Å². The third kappa shape index (κ3) is 3.33. The number of azo groups is 1. The summed E-state index contributed by atoms with van der Waals surface area (Å²) in [4.78, 5) is 2.42. The molecule has 1 aliphatic heterocycles. The number of benzene rings is 3. The minimum atomic E-state index is 0.146. The van der Waals surface area contributed by atoms with Gasteiger partial charge >= 0.3 is 0 Å². The van der Waals surface area contributed by atoms with E-state index in [-0.39, 0.29) is 5.75 Å². The van der Waals surface area contributed by atoms with Crippen LogP contribution in [-0.2, 0) is 0 Å². The Hall–Kier alpha value is -2.88.